The standard InChI is InChI=1S/C21H38N2O13P2/c1-21(2,3)37(27,28)36-38(29,30)35-10-7-22-18(24)6-9-31-12-14-33-16-17-34-15-13-32-11-8-23-19(25)4-5-20(23)26/h4-5H,6-17H2,1-3H3,(H,22,24)(H,27,28)(H,29,30). The fraction of sp³-hybridized carbons (Fsp3) is 0.762. The van der Waals surface area contributed by atoms with E-state index < -0.39 is 27.2 Å². The Morgan fingerprint density at radius 3 is 1.82 bits per heavy atom. The van der Waals surface area contributed by atoms with Crippen LogP contribution in [0.4, 0.5) is 0 Å². The van der Waals surface area contributed by atoms with E-state index in [2.05, 4.69) is 14.2 Å². The Balaban J connectivity index is 1.90. The molecule has 2 unspecified atom stereocenters. The zero-order chi connectivity index (χ0) is 28.7. The van der Waals surface area contributed by atoms with E-state index >= 15 is 0 Å². The van der Waals surface area contributed by atoms with Crippen LogP contribution in [-0.4, -0.2) is 110 Å². The maximum Gasteiger partial charge on any atom is 0.479 e. The first kappa shape index (κ1) is 34.5. The Hall–Kier alpha value is -1.51. The van der Waals surface area contributed by atoms with E-state index in [1.54, 1.807) is 0 Å². The Labute approximate surface area is 221 Å². The molecule has 0 saturated heterocycles. The maximum atomic E-state index is 11.9. The molecule has 0 bridgehead atoms. The second-order valence-corrected chi connectivity index (χ2v) is 13.0. The van der Waals surface area contributed by atoms with Gasteiger partial charge in [0.2, 0.25) is 5.91 Å². The zero-order valence-electron chi connectivity index (χ0n) is 21.9. The minimum atomic E-state index is -4.77. The number of hydrogen-bond donors (Lipinski definition) is 3. The van der Waals surface area contributed by atoms with Crippen molar-refractivity contribution < 1.29 is 61.1 Å². The van der Waals surface area contributed by atoms with Crippen LogP contribution in [0, 0.1) is 0 Å². The van der Waals surface area contributed by atoms with E-state index in [1.165, 1.54) is 32.9 Å². The number of imide groups is 1. The number of carbonyl (C=O) groups is 3. The van der Waals surface area contributed by atoms with Crippen molar-refractivity contribution in [3.8, 4) is 0 Å². The van der Waals surface area contributed by atoms with Gasteiger partial charge >= 0.3 is 15.4 Å². The average molecular weight is 588 g/mol. The van der Waals surface area contributed by atoms with Crippen molar-refractivity contribution in [3.05, 3.63) is 12.2 Å². The molecule has 0 aromatic carbocycles. The van der Waals surface area contributed by atoms with E-state index in [4.69, 9.17) is 18.9 Å². The molecule has 220 valence electrons. The quantitative estimate of drug-likeness (QED) is 0.0959. The first-order valence-corrected chi connectivity index (χ1v) is 15.0. The summed E-state index contributed by atoms with van der Waals surface area (Å²) in [6, 6.07) is 0. The van der Waals surface area contributed by atoms with E-state index in [0.717, 1.165) is 4.90 Å². The van der Waals surface area contributed by atoms with Crippen molar-refractivity contribution >= 4 is 33.1 Å². The summed E-state index contributed by atoms with van der Waals surface area (Å²) in [6.45, 7) is 6.09. The topological polar surface area (TPSA) is 196 Å². The van der Waals surface area contributed by atoms with Crippen molar-refractivity contribution in [2.75, 3.05) is 72.6 Å². The summed E-state index contributed by atoms with van der Waals surface area (Å²) in [7, 11) is -9.17. The fourth-order valence-corrected chi connectivity index (χ4v) is 5.07. The molecule has 0 aromatic rings. The van der Waals surface area contributed by atoms with Gasteiger partial charge in [-0.3, -0.25) is 28.4 Å². The van der Waals surface area contributed by atoms with Gasteiger partial charge in [0.1, 0.15) is 0 Å². The molecule has 0 spiro atoms. The predicted octanol–water partition coefficient (Wildman–Crippen LogP) is 0.602. The number of hydrogen-bond acceptors (Lipinski definition) is 11. The molecule has 17 heteroatoms. The Morgan fingerprint density at radius 2 is 1.32 bits per heavy atom. The van der Waals surface area contributed by atoms with Gasteiger partial charge in [0.05, 0.1) is 71.2 Å². The molecule has 0 radical (unpaired) electrons. The molecule has 3 N–H and O–H groups in total. The summed E-state index contributed by atoms with van der Waals surface area (Å²) in [5.74, 6) is -1.06. The summed E-state index contributed by atoms with van der Waals surface area (Å²) < 4.78 is 54.0. The molecule has 15 nitrogen and oxygen atoms in total. The van der Waals surface area contributed by atoms with Crippen LogP contribution in [0.5, 0.6) is 0 Å². The van der Waals surface area contributed by atoms with Gasteiger partial charge in [-0.1, -0.05) is 0 Å². The number of phosphoric ester groups is 1. The van der Waals surface area contributed by atoms with E-state index in [9.17, 15) is 33.3 Å². The highest BCUT2D eigenvalue weighted by Gasteiger charge is 2.43. The van der Waals surface area contributed by atoms with Crippen molar-refractivity contribution in [2.24, 2.45) is 0 Å². The first-order chi connectivity index (χ1) is 17.8. The van der Waals surface area contributed by atoms with Gasteiger partial charge in [0, 0.05) is 25.1 Å². The highest BCUT2D eigenvalue weighted by atomic mass is 31.3. The molecule has 3 amide bonds. The van der Waals surface area contributed by atoms with Crippen molar-refractivity contribution in [1.29, 1.82) is 0 Å². The molecule has 0 fully saturated rings. The lowest BCUT2D eigenvalue weighted by molar-refractivity contribution is -0.137. The SMILES string of the molecule is CC(C)(C)P(=O)(O)OP(=O)(O)OCCNC(=O)CCOCCOCCOCCOCCN1C(=O)C=CC1=O. The number of nitrogens with zero attached hydrogens (tertiary/aromatic N) is 1. The molecule has 2 atom stereocenters. The second kappa shape index (κ2) is 17.2. The van der Waals surface area contributed by atoms with Gasteiger partial charge in [0.25, 0.3) is 11.8 Å². The number of amides is 3. The normalized spacial score (nSPS) is 17.0. The van der Waals surface area contributed by atoms with Gasteiger partial charge in [0.15, 0.2) is 0 Å². The third-order valence-corrected chi connectivity index (χ3v) is 8.60. The van der Waals surface area contributed by atoms with E-state index in [-0.39, 0.29) is 57.1 Å². The third-order valence-electron chi connectivity index (χ3n) is 4.69. The van der Waals surface area contributed by atoms with Crippen molar-refractivity contribution in [2.45, 2.75) is 32.3 Å². The number of ether oxygens (including phenoxy) is 4. The number of carbonyl (C=O) groups excluding carboxylic acids is 3. The minimum absolute atomic E-state index is 0.0445. The van der Waals surface area contributed by atoms with Crippen LogP contribution in [-0.2, 0) is 51.3 Å². The highest BCUT2D eigenvalue weighted by molar-refractivity contribution is 7.64. The van der Waals surface area contributed by atoms with Crippen molar-refractivity contribution in [1.82, 2.24) is 10.2 Å². The minimum Gasteiger partial charge on any atom is -0.379 e. The summed E-state index contributed by atoms with van der Waals surface area (Å²) in [5.41, 5.74) is 0. The summed E-state index contributed by atoms with van der Waals surface area (Å²) in [5, 5.41) is 1.19. The molecular weight excluding hydrogens is 550 g/mol. The van der Waals surface area contributed by atoms with Gasteiger partial charge < -0.3 is 34.1 Å². The lowest BCUT2D eigenvalue weighted by Gasteiger charge is -2.26. The first-order valence-electron chi connectivity index (χ1n) is 11.9. The van der Waals surface area contributed by atoms with Crippen LogP contribution < -0.4 is 5.32 Å². The van der Waals surface area contributed by atoms with Gasteiger partial charge in [-0.05, 0) is 20.8 Å². The van der Waals surface area contributed by atoms with E-state index in [1.807, 2.05) is 0 Å². The largest absolute Gasteiger partial charge is 0.479 e. The van der Waals surface area contributed by atoms with Gasteiger partial charge in [-0.2, -0.15) is 0 Å². The monoisotopic (exact) mass is 588 g/mol. The molecule has 0 saturated carbocycles. The number of phosphoric acid groups is 1. The molecule has 0 aliphatic carbocycles. The molecule has 1 aliphatic rings. The van der Waals surface area contributed by atoms with Crippen molar-refractivity contribution in [3.63, 3.8) is 0 Å². The van der Waals surface area contributed by atoms with Crippen LogP contribution in [0.15, 0.2) is 12.2 Å². The molecule has 0 aromatic heterocycles. The highest BCUT2D eigenvalue weighted by Crippen LogP contribution is 2.65. The smallest absolute Gasteiger partial charge is 0.379 e. The zero-order valence-corrected chi connectivity index (χ0v) is 23.7. The van der Waals surface area contributed by atoms with Crippen LogP contribution in [0.2, 0.25) is 0 Å². The average Bonchev–Trinajstić information content (AvgIpc) is 3.12. The van der Waals surface area contributed by atoms with Gasteiger partial charge in [-0.15, -0.1) is 0 Å². The lowest BCUT2D eigenvalue weighted by atomic mass is 10.3. The van der Waals surface area contributed by atoms with Crippen LogP contribution >= 0.6 is 15.4 Å². The Morgan fingerprint density at radius 1 is 0.842 bits per heavy atom. The fourth-order valence-electron chi connectivity index (χ4n) is 2.46. The van der Waals surface area contributed by atoms with Gasteiger partial charge in [-0.25, -0.2) is 8.88 Å². The predicted molar refractivity (Wildman–Crippen MR) is 133 cm³/mol. The number of rotatable bonds is 21. The van der Waals surface area contributed by atoms with E-state index in [0.29, 0.717) is 33.0 Å². The lowest BCUT2D eigenvalue weighted by Crippen LogP contribution is -2.33. The summed E-state index contributed by atoms with van der Waals surface area (Å²) >= 11 is 0. The summed E-state index contributed by atoms with van der Waals surface area (Å²) in [4.78, 5) is 54.8. The maximum absolute atomic E-state index is 11.9. The van der Waals surface area contributed by atoms with Crippen LogP contribution in [0.3, 0.4) is 0 Å². The molecule has 38 heavy (non-hydrogen) atoms. The third kappa shape index (κ3) is 14.6. The van der Waals surface area contributed by atoms with Crippen LogP contribution in [0.25, 0.3) is 0 Å². The summed E-state index contributed by atoms with van der Waals surface area (Å²) in [6.07, 6.45) is 2.49. The second-order valence-electron chi connectivity index (χ2n) is 8.79. The molecule has 1 heterocycles. The molecule has 1 rings (SSSR count). The molecule has 1 aliphatic heterocycles. The molecular formula is C21H38N2O13P2. The number of nitrogens with one attached hydrogen (secondary N) is 1. The Bertz CT molecular complexity index is 873. The van der Waals surface area contributed by atoms with Crippen LogP contribution in [0.1, 0.15) is 27.2 Å². The Kier molecular flexibility index (Phi) is 15.7.